The van der Waals surface area contributed by atoms with E-state index in [0.717, 1.165) is 5.69 Å². The van der Waals surface area contributed by atoms with Gasteiger partial charge in [0.25, 0.3) is 0 Å². The van der Waals surface area contributed by atoms with Crippen LogP contribution in [0.4, 0.5) is 5.82 Å². The van der Waals surface area contributed by atoms with Crippen LogP contribution < -0.4 is 5.73 Å². The van der Waals surface area contributed by atoms with Gasteiger partial charge in [-0.3, -0.25) is 4.98 Å². The first-order chi connectivity index (χ1) is 6.79. The van der Waals surface area contributed by atoms with E-state index in [2.05, 4.69) is 10.1 Å². The third-order valence-corrected chi connectivity index (χ3v) is 2.18. The quantitative estimate of drug-likeness (QED) is 0.776. The van der Waals surface area contributed by atoms with Crippen LogP contribution in [0.15, 0.2) is 36.7 Å². The molecular weight excluding hydrogens is 176 g/mol. The molecule has 2 rings (SSSR count). The molecule has 0 radical (unpaired) electrons. The average Bonchev–Trinajstić information content (AvgIpc) is 2.65. The lowest BCUT2D eigenvalue weighted by atomic mass is 10.2. The molecular formula is C10H12N4. The summed E-state index contributed by atoms with van der Waals surface area (Å²) < 4.78 is 1.75. The summed E-state index contributed by atoms with van der Waals surface area (Å²) in [5.41, 5.74) is 6.71. The number of hydrogen-bond donors (Lipinski definition) is 1. The summed E-state index contributed by atoms with van der Waals surface area (Å²) in [6, 6.07) is 7.66. The van der Waals surface area contributed by atoms with Crippen LogP contribution in [0, 0.1) is 0 Å². The second-order valence-electron chi connectivity index (χ2n) is 3.13. The minimum atomic E-state index is 0.0752. The molecule has 1 unspecified atom stereocenters. The minimum absolute atomic E-state index is 0.0752. The van der Waals surface area contributed by atoms with Gasteiger partial charge in [-0.2, -0.15) is 5.10 Å². The largest absolute Gasteiger partial charge is 0.384 e. The van der Waals surface area contributed by atoms with Crippen molar-refractivity contribution in [3.05, 3.63) is 42.4 Å². The molecule has 0 aliphatic rings. The van der Waals surface area contributed by atoms with Crippen molar-refractivity contribution >= 4 is 5.82 Å². The van der Waals surface area contributed by atoms with Crippen molar-refractivity contribution in [2.45, 2.75) is 13.0 Å². The van der Waals surface area contributed by atoms with Crippen molar-refractivity contribution in [2.24, 2.45) is 0 Å². The molecule has 2 N–H and O–H groups in total. The summed E-state index contributed by atoms with van der Waals surface area (Å²) in [6.07, 6.45) is 3.46. The van der Waals surface area contributed by atoms with Gasteiger partial charge in [0.2, 0.25) is 0 Å². The lowest BCUT2D eigenvalue weighted by Gasteiger charge is -2.12. The topological polar surface area (TPSA) is 56.7 Å². The number of rotatable bonds is 2. The zero-order chi connectivity index (χ0) is 9.97. The molecule has 2 aromatic rings. The van der Waals surface area contributed by atoms with Crippen molar-refractivity contribution in [1.29, 1.82) is 0 Å². The van der Waals surface area contributed by atoms with Crippen molar-refractivity contribution in [3.8, 4) is 0 Å². The van der Waals surface area contributed by atoms with Crippen molar-refractivity contribution < 1.29 is 0 Å². The molecule has 0 aromatic carbocycles. The molecule has 0 bridgehead atoms. The van der Waals surface area contributed by atoms with Gasteiger partial charge >= 0.3 is 0 Å². The Morgan fingerprint density at radius 3 is 2.71 bits per heavy atom. The highest BCUT2D eigenvalue weighted by molar-refractivity contribution is 5.28. The van der Waals surface area contributed by atoms with E-state index in [1.807, 2.05) is 25.1 Å². The molecule has 0 saturated carbocycles. The molecule has 4 nitrogen and oxygen atoms in total. The van der Waals surface area contributed by atoms with Gasteiger partial charge in [0.15, 0.2) is 0 Å². The van der Waals surface area contributed by atoms with E-state index in [4.69, 9.17) is 5.73 Å². The highest BCUT2D eigenvalue weighted by Gasteiger charge is 2.10. The first kappa shape index (κ1) is 8.74. The summed E-state index contributed by atoms with van der Waals surface area (Å²) in [6.45, 7) is 2.02. The van der Waals surface area contributed by atoms with Gasteiger partial charge in [0, 0.05) is 6.20 Å². The number of anilines is 1. The normalized spacial score (nSPS) is 12.6. The SMILES string of the molecule is CC(c1ccccn1)n1nccc1N. The number of hydrogen-bond acceptors (Lipinski definition) is 3. The van der Waals surface area contributed by atoms with Gasteiger partial charge in [0.05, 0.1) is 17.9 Å². The number of pyridine rings is 1. The Bertz CT molecular complexity index is 407. The van der Waals surface area contributed by atoms with Gasteiger partial charge < -0.3 is 5.73 Å². The van der Waals surface area contributed by atoms with Crippen molar-refractivity contribution in [2.75, 3.05) is 5.73 Å². The predicted molar refractivity (Wildman–Crippen MR) is 54.7 cm³/mol. The van der Waals surface area contributed by atoms with E-state index in [0.29, 0.717) is 5.82 Å². The Hall–Kier alpha value is -1.84. The smallest absolute Gasteiger partial charge is 0.122 e. The maximum Gasteiger partial charge on any atom is 0.122 e. The van der Waals surface area contributed by atoms with Crippen LogP contribution in [0.2, 0.25) is 0 Å². The predicted octanol–water partition coefficient (Wildman–Crippen LogP) is 1.47. The molecule has 14 heavy (non-hydrogen) atoms. The lowest BCUT2D eigenvalue weighted by Crippen LogP contribution is -2.12. The van der Waals surface area contributed by atoms with E-state index in [-0.39, 0.29) is 6.04 Å². The molecule has 2 heterocycles. The van der Waals surface area contributed by atoms with Crippen LogP contribution in [0.25, 0.3) is 0 Å². The van der Waals surface area contributed by atoms with Gasteiger partial charge in [-0.1, -0.05) is 6.07 Å². The molecule has 0 fully saturated rings. The average molecular weight is 188 g/mol. The van der Waals surface area contributed by atoms with Crippen molar-refractivity contribution in [3.63, 3.8) is 0 Å². The Labute approximate surface area is 82.4 Å². The van der Waals surface area contributed by atoms with Crippen molar-refractivity contribution in [1.82, 2.24) is 14.8 Å². The summed E-state index contributed by atoms with van der Waals surface area (Å²) in [5, 5.41) is 4.14. The van der Waals surface area contributed by atoms with Crippen LogP contribution in [-0.2, 0) is 0 Å². The van der Waals surface area contributed by atoms with Gasteiger partial charge in [0.1, 0.15) is 5.82 Å². The maximum absolute atomic E-state index is 5.75. The van der Waals surface area contributed by atoms with E-state index < -0.39 is 0 Å². The van der Waals surface area contributed by atoms with Crippen LogP contribution in [-0.4, -0.2) is 14.8 Å². The fourth-order valence-corrected chi connectivity index (χ4v) is 1.40. The Balaban J connectivity index is 2.34. The summed E-state index contributed by atoms with van der Waals surface area (Å²) >= 11 is 0. The summed E-state index contributed by atoms with van der Waals surface area (Å²) in [4.78, 5) is 4.26. The van der Waals surface area contributed by atoms with E-state index >= 15 is 0 Å². The molecule has 0 aliphatic carbocycles. The maximum atomic E-state index is 5.75. The zero-order valence-electron chi connectivity index (χ0n) is 7.96. The lowest BCUT2D eigenvalue weighted by molar-refractivity contribution is 0.559. The standard InChI is InChI=1S/C10H12N4/c1-8(9-4-2-3-6-12-9)14-10(11)5-7-13-14/h2-8H,11H2,1H3. The zero-order valence-corrected chi connectivity index (χ0v) is 7.96. The first-order valence-electron chi connectivity index (χ1n) is 4.49. The second kappa shape index (κ2) is 3.49. The first-order valence-corrected chi connectivity index (χ1v) is 4.49. The van der Waals surface area contributed by atoms with Gasteiger partial charge in [-0.05, 0) is 25.1 Å². The third-order valence-electron chi connectivity index (χ3n) is 2.18. The fraction of sp³-hybridized carbons (Fsp3) is 0.200. The number of nitrogens with two attached hydrogens (primary N) is 1. The molecule has 4 heteroatoms. The highest BCUT2D eigenvalue weighted by atomic mass is 15.3. The number of aromatic nitrogens is 3. The highest BCUT2D eigenvalue weighted by Crippen LogP contribution is 2.16. The molecule has 72 valence electrons. The molecule has 0 saturated heterocycles. The number of nitrogen functional groups attached to an aromatic ring is 1. The summed E-state index contributed by atoms with van der Waals surface area (Å²) in [7, 11) is 0. The van der Waals surface area contributed by atoms with Gasteiger partial charge in [-0.25, -0.2) is 4.68 Å². The van der Waals surface area contributed by atoms with Crippen LogP contribution in [0.5, 0.6) is 0 Å². The molecule has 0 aliphatic heterocycles. The van der Waals surface area contributed by atoms with E-state index in [1.165, 1.54) is 0 Å². The van der Waals surface area contributed by atoms with Gasteiger partial charge in [-0.15, -0.1) is 0 Å². The molecule has 1 atom stereocenters. The summed E-state index contributed by atoms with van der Waals surface area (Å²) in [5.74, 6) is 0.656. The van der Waals surface area contributed by atoms with E-state index in [9.17, 15) is 0 Å². The monoisotopic (exact) mass is 188 g/mol. The molecule has 0 spiro atoms. The van der Waals surface area contributed by atoms with Crippen LogP contribution in [0.3, 0.4) is 0 Å². The van der Waals surface area contributed by atoms with Crippen LogP contribution >= 0.6 is 0 Å². The Morgan fingerprint density at radius 2 is 2.14 bits per heavy atom. The van der Waals surface area contributed by atoms with Crippen LogP contribution in [0.1, 0.15) is 18.7 Å². The Morgan fingerprint density at radius 1 is 1.29 bits per heavy atom. The second-order valence-corrected chi connectivity index (χ2v) is 3.13. The molecule has 0 amide bonds. The number of nitrogens with zero attached hydrogens (tertiary/aromatic N) is 3. The minimum Gasteiger partial charge on any atom is -0.384 e. The Kier molecular flexibility index (Phi) is 2.18. The van der Waals surface area contributed by atoms with E-state index in [1.54, 1.807) is 23.1 Å². The molecule has 2 aromatic heterocycles. The third kappa shape index (κ3) is 1.46. The fourth-order valence-electron chi connectivity index (χ4n) is 1.40.